The number of nitrogen functional groups attached to an aromatic ring is 1. The van der Waals surface area contributed by atoms with E-state index < -0.39 is 5.97 Å². The second-order valence-corrected chi connectivity index (χ2v) is 6.44. The van der Waals surface area contributed by atoms with Gasteiger partial charge in [-0.05, 0) is 42.5 Å². The Balaban J connectivity index is 1.41. The predicted octanol–water partition coefficient (Wildman–Crippen LogP) is 4.35. The van der Waals surface area contributed by atoms with Crippen molar-refractivity contribution in [3.8, 4) is 11.5 Å². The Bertz CT molecular complexity index is 1170. The third-order valence-electron chi connectivity index (χ3n) is 4.11. The topological polar surface area (TPSA) is 112 Å². The minimum atomic E-state index is -0.532. The van der Waals surface area contributed by atoms with Crippen LogP contribution in [0.4, 0.5) is 17.6 Å². The normalized spacial score (nSPS) is 10.3. The molecule has 0 aliphatic rings. The summed E-state index contributed by atoms with van der Waals surface area (Å²) in [4.78, 5) is 24.8. The van der Waals surface area contributed by atoms with Crippen molar-refractivity contribution in [1.29, 1.82) is 0 Å². The number of rotatable bonds is 7. The zero-order valence-electron chi connectivity index (χ0n) is 16.4. The fourth-order valence-electron chi connectivity index (χ4n) is 2.73. The summed E-state index contributed by atoms with van der Waals surface area (Å²) in [6, 6.07) is 25.4. The van der Waals surface area contributed by atoms with Gasteiger partial charge in [0.25, 0.3) is 0 Å². The highest BCUT2D eigenvalue weighted by Gasteiger charge is 2.12. The minimum Gasteiger partial charge on any atom is -0.457 e. The molecule has 8 nitrogen and oxygen atoms in total. The highest BCUT2D eigenvalue weighted by molar-refractivity contribution is 5.89. The lowest BCUT2D eigenvalue weighted by Crippen LogP contribution is -2.11. The number of hydrogen-bond acceptors (Lipinski definition) is 8. The van der Waals surface area contributed by atoms with Crippen LogP contribution in [0.1, 0.15) is 16.2 Å². The van der Waals surface area contributed by atoms with Crippen LogP contribution in [0.25, 0.3) is 0 Å². The molecule has 0 spiro atoms. The first kappa shape index (κ1) is 19.8. The summed E-state index contributed by atoms with van der Waals surface area (Å²) in [5.74, 6) is 1.19. The number of nitrogens with zero attached hydrogens (tertiary/aromatic N) is 3. The third kappa shape index (κ3) is 5.54. The van der Waals surface area contributed by atoms with Crippen LogP contribution in [0.15, 0.2) is 84.9 Å². The van der Waals surface area contributed by atoms with E-state index in [0.717, 1.165) is 5.69 Å². The van der Waals surface area contributed by atoms with Crippen LogP contribution < -0.4 is 15.8 Å². The van der Waals surface area contributed by atoms with Crippen molar-refractivity contribution in [1.82, 2.24) is 15.0 Å². The van der Waals surface area contributed by atoms with Gasteiger partial charge in [0, 0.05) is 5.69 Å². The first-order valence-electron chi connectivity index (χ1n) is 9.48. The zero-order chi connectivity index (χ0) is 21.5. The molecule has 0 aliphatic heterocycles. The second-order valence-electron chi connectivity index (χ2n) is 6.44. The van der Waals surface area contributed by atoms with Crippen LogP contribution in [-0.2, 0) is 11.3 Å². The van der Waals surface area contributed by atoms with Crippen molar-refractivity contribution in [2.24, 2.45) is 0 Å². The molecule has 0 amide bonds. The number of benzene rings is 3. The Morgan fingerprint density at radius 1 is 0.839 bits per heavy atom. The van der Waals surface area contributed by atoms with E-state index in [1.807, 2.05) is 60.7 Å². The molecule has 0 unspecified atom stereocenters. The molecular formula is C23H19N5O3. The standard InChI is InChI=1S/C23H19N5O3/c24-22-26-20(27-23(28-22)25-17-9-3-1-4-10-17)15-30-21(29)16-8-7-13-19(14-16)31-18-11-5-2-6-12-18/h1-14H,15H2,(H3,24,25,26,27,28). The molecule has 4 rings (SSSR count). The Labute approximate surface area is 178 Å². The van der Waals surface area contributed by atoms with E-state index in [2.05, 4.69) is 20.3 Å². The summed E-state index contributed by atoms with van der Waals surface area (Å²) in [5, 5.41) is 3.04. The third-order valence-corrected chi connectivity index (χ3v) is 4.11. The zero-order valence-corrected chi connectivity index (χ0v) is 16.4. The number of esters is 1. The maximum Gasteiger partial charge on any atom is 0.338 e. The molecule has 31 heavy (non-hydrogen) atoms. The van der Waals surface area contributed by atoms with E-state index in [1.54, 1.807) is 24.3 Å². The fourth-order valence-corrected chi connectivity index (χ4v) is 2.73. The maximum atomic E-state index is 12.5. The van der Waals surface area contributed by atoms with Crippen molar-refractivity contribution in [2.75, 3.05) is 11.1 Å². The average Bonchev–Trinajstić information content (AvgIpc) is 2.79. The molecule has 4 aromatic rings. The Morgan fingerprint density at radius 2 is 1.55 bits per heavy atom. The Hall–Kier alpha value is -4.46. The van der Waals surface area contributed by atoms with Crippen LogP contribution in [0.3, 0.4) is 0 Å². The molecule has 1 heterocycles. The van der Waals surface area contributed by atoms with Gasteiger partial charge in [-0.25, -0.2) is 4.79 Å². The monoisotopic (exact) mass is 413 g/mol. The molecule has 0 saturated heterocycles. The Morgan fingerprint density at radius 3 is 2.32 bits per heavy atom. The molecule has 0 atom stereocenters. The van der Waals surface area contributed by atoms with Gasteiger partial charge in [0.05, 0.1) is 5.56 Å². The average molecular weight is 413 g/mol. The highest BCUT2D eigenvalue weighted by Crippen LogP contribution is 2.22. The van der Waals surface area contributed by atoms with Crippen molar-refractivity contribution in [3.63, 3.8) is 0 Å². The van der Waals surface area contributed by atoms with Crippen LogP contribution in [-0.4, -0.2) is 20.9 Å². The van der Waals surface area contributed by atoms with Crippen LogP contribution >= 0.6 is 0 Å². The molecule has 0 saturated carbocycles. The van der Waals surface area contributed by atoms with Gasteiger partial charge in [0.2, 0.25) is 11.9 Å². The number of anilines is 3. The predicted molar refractivity (Wildman–Crippen MR) is 116 cm³/mol. The van der Waals surface area contributed by atoms with Crippen molar-refractivity contribution >= 4 is 23.6 Å². The van der Waals surface area contributed by atoms with Crippen molar-refractivity contribution < 1.29 is 14.3 Å². The Kier molecular flexibility index (Phi) is 5.99. The van der Waals surface area contributed by atoms with E-state index >= 15 is 0 Å². The van der Waals surface area contributed by atoms with E-state index in [1.165, 1.54) is 0 Å². The molecule has 3 N–H and O–H groups in total. The number of hydrogen-bond donors (Lipinski definition) is 2. The summed E-state index contributed by atoms with van der Waals surface area (Å²) in [6.07, 6.45) is 0. The first-order chi connectivity index (χ1) is 15.2. The molecule has 1 aromatic heterocycles. The minimum absolute atomic E-state index is 0.0257. The van der Waals surface area contributed by atoms with Crippen LogP contribution in [0, 0.1) is 0 Å². The summed E-state index contributed by atoms with van der Waals surface area (Å²) in [7, 11) is 0. The number of ether oxygens (including phenoxy) is 2. The van der Waals surface area contributed by atoms with Crippen molar-refractivity contribution in [3.05, 3.63) is 96.3 Å². The summed E-state index contributed by atoms with van der Waals surface area (Å²) < 4.78 is 11.1. The number of nitrogens with two attached hydrogens (primary N) is 1. The summed E-state index contributed by atoms with van der Waals surface area (Å²) in [5.41, 5.74) is 6.91. The van der Waals surface area contributed by atoms with E-state index in [-0.39, 0.29) is 24.3 Å². The van der Waals surface area contributed by atoms with Gasteiger partial charge in [-0.15, -0.1) is 0 Å². The molecule has 3 aromatic carbocycles. The molecule has 154 valence electrons. The molecule has 0 radical (unpaired) electrons. The second kappa shape index (κ2) is 9.36. The number of carbonyl (C=O) groups is 1. The van der Waals surface area contributed by atoms with E-state index in [9.17, 15) is 4.79 Å². The molecule has 8 heteroatoms. The summed E-state index contributed by atoms with van der Waals surface area (Å²) in [6.45, 7) is -0.154. The van der Waals surface area contributed by atoms with Crippen molar-refractivity contribution in [2.45, 2.75) is 6.61 Å². The number of nitrogens with one attached hydrogen (secondary N) is 1. The van der Waals surface area contributed by atoms with Crippen LogP contribution in [0.5, 0.6) is 11.5 Å². The van der Waals surface area contributed by atoms with Crippen LogP contribution in [0.2, 0.25) is 0 Å². The number of aromatic nitrogens is 3. The smallest absolute Gasteiger partial charge is 0.338 e. The lowest BCUT2D eigenvalue weighted by atomic mass is 10.2. The first-order valence-corrected chi connectivity index (χ1v) is 9.48. The SMILES string of the molecule is Nc1nc(COC(=O)c2cccc(Oc3ccccc3)c2)nc(Nc2ccccc2)n1. The van der Waals surface area contributed by atoms with Gasteiger partial charge < -0.3 is 20.5 Å². The highest BCUT2D eigenvalue weighted by atomic mass is 16.5. The van der Waals surface area contributed by atoms with E-state index in [4.69, 9.17) is 15.2 Å². The van der Waals surface area contributed by atoms with Gasteiger partial charge in [-0.3, -0.25) is 0 Å². The number of para-hydroxylation sites is 2. The van der Waals surface area contributed by atoms with Gasteiger partial charge >= 0.3 is 5.97 Å². The largest absolute Gasteiger partial charge is 0.457 e. The molecule has 0 bridgehead atoms. The summed E-state index contributed by atoms with van der Waals surface area (Å²) >= 11 is 0. The quantitative estimate of drug-likeness (QED) is 0.430. The van der Waals surface area contributed by atoms with Gasteiger partial charge in [0.15, 0.2) is 12.4 Å². The lowest BCUT2D eigenvalue weighted by molar-refractivity contribution is 0.0462. The lowest BCUT2D eigenvalue weighted by Gasteiger charge is -2.09. The fraction of sp³-hybridized carbons (Fsp3) is 0.0435. The molecular weight excluding hydrogens is 394 g/mol. The van der Waals surface area contributed by atoms with Gasteiger partial charge in [0.1, 0.15) is 11.5 Å². The van der Waals surface area contributed by atoms with E-state index in [0.29, 0.717) is 17.1 Å². The molecule has 0 aliphatic carbocycles. The van der Waals surface area contributed by atoms with Gasteiger partial charge in [-0.2, -0.15) is 15.0 Å². The molecule has 0 fully saturated rings. The number of carbonyl (C=O) groups excluding carboxylic acids is 1. The maximum absolute atomic E-state index is 12.5. The van der Waals surface area contributed by atoms with Gasteiger partial charge in [-0.1, -0.05) is 42.5 Å².